The van der Waals surface area contributed by atoms with E-state index in [1.54, 1.807) is 26.2 Å². The predicted octanol–water partition coefficient (Wildman–Crippen LogP) is 4.81. The zero-order valence-corrected chi connectivity index (χ0v) is 19.6. The van der Waals surface area contributed by atoms with Crippen LogP contribution in [0.4, 0.5) is 5.69 Å². The monoisotopic (exact) mass is 537 g/mol. The molecule has 0 unspecified atom stereocenters. The molecule has 0 atom stereocenters. The maximum absolute atomic E-state index is 12.5. The number of aryl methyl sites for hydroxylation is 1. The summed E-state index contributed by atoms with van der Waals surface area (Å²) < 4.78 is 8.27. The van der Waals surface area contributed by atoms with Gasteiger partial charge in [-0.1, -0.05) is 30.0 Å². The fourth-order valence-electron chi connectivity index (χ4n) is 2.58. The van der Waals surface area contributed by atoms with Crippen LogP contribution in [0.3, 0.4) is 0 Å². The Labute approximate surface area is 188 Å². The zero-order valence-electron chi connectivity index (χ0n) is 15.6. The molecule has 0 spiro atoms. The Morgan fingerprint density at radius 1 is 1.17 bits per heavy atom. The number of rotatable bonds is 6. The summed E-state index contributed by atoms with van der Waals surface area (Å²) in [7, 11) is 1.56. The molecule has 0 saturated carbocycles. The molecule has 3 rings (SSSR count). The molecule has 0 aliphatic carbocycles. The Morgan fingerprint density at radius 3 is 2.59 bits per heavy atom. The molecule has 0 saturated heterocycles. The highest BCUT2D eigenvalue weighted by atomic mass is 79.9. The number of nitrogens with one attached hydrogen (secondary N) is 1. The molecule has 1 heterocycles. The van der Waals surface area contributed by atoms with Crippen molar-refractivity contribution in [3.8, 4) is 11.4 Å². The van der Waals surface area contributed by atoms with Crippen LogP contribution < -0.4 is 15.6 Å². The summed E-state index contributed by atoms with van der Waals surface area (Å²) in [5.41, 5.74) is 1.71. The number of carbonyl (C=O) groups excluding carboxylic acids is 1. The number of hydrogen-bond donors (Lipinski definition) is 1. The maximum atomic E-state index is 12.5. The third-order valence-electron chi connectivity index (χ3n) is 3.88. The third-order valence-corrected chi connectivity index (χ3v) is 6.09. The van der Waals surface area contributed by atoms with Crippen molar-refractivity contribution < 1.29 is 9.53 Å². The number of nitrogens with zero attached hydrogens (tertiary/aromatic N) is 2. The van der Waals surface area contributed by atoms with Gasteiger partial charge < -0.3 is 10.1 Å². The van der Waals surface area contributed by atoms with E-state index in [0.29, 0.717) is 28.0 Å². The van der Waals surface area contributed by atoms with Crippen molar-refractivity contribution in [2.75, 3.05) is 18.2 Å². The first kappa shape index (κ1) is 21.6. The Morgan fingerprint density at radius 2 is 1.90 bits per heavy atom. The molecule has 2 aromatic carbocycles. The highest BCUT2D eigenvalue weighted by Gasteiger charge is 2.14. The highest BCUT2D eigenvalue weighted by Crippen LogP contribution is 2.34. The van der Waals surface area contributed by atoms with Crippen molar-refractivity contribution >= 4 is 55.2 Å². The van der Waals surface area contributed by atoms with Gasteiger partial charge in [0, 0.05) is 22.3 Å². The second-order valence-electron chi connectivity index (χ2n) is 5.99. The van der Waals surface area contributed by atoms with Gasteiger partial charge in [-0.15, -0.1) is 0 Å². The fourth-order valence-corrected chi connectivity index (χ4v) is 4.70. The van der Waals surface area contributed by atoms with E-state index < -0.39 is 0 Å². The smallest absolute Gasteiger partial charge is 0.258 e. The molecule has 0 radical (unpaired) electrons. The molecule has 0 aliphatic rings. The lowest BCUT2D eigenvalue weighted by molar-refractivity contribution is -0.113. The molecule has 9 heteroatoms. The number of thioether (sulfide) groups is 1. The predicted molar refractivity (Wildman–Crippen MR) is 122 cm³/mol. The van der Waals surface area contributed by atoms with Crippen molar-refractivity contribution in [2.24, 2.45) is 0 Å². The Kier molecular flexibility index (Phi) is 7.15. The van der Waals surface area contributed by atoms with Crippen LogP contribution >= 0.6 is 43.6 Å². The number of para-hydroxylation sites is 1. The van der Waals surface area contributed by atoms with Crippen LogP contribution in [0, 0.1) is 6.92 Å². The number of aromatic nitrogens is 2. The molecule has 0 aliphatic heterocycles. The molecule has 3 aromatic rings. The number of halogens is 2. The lowest BCUT2D eigenvalue weighted by Crippen LogP contribution is -2.22. The average Bonchev–Trinajstić information content (AvgIpc) is 2.68. The molecule has 1 amide bonds. The van der Waals surface area contributed by atoms with E-state index in [-0.39, 0.29) is 17.2 Å². The molecule has 6 nitrogen and oxygen atoms in total. The number of hydrogen-bond acceptors (Lipinski definition) is 5. The van der Waals surface area contributed by atoms with Crippen LogP contribution in [-0.4, -0.2) is 28.3 Å². The van der Waals surface area contributed by atoms with Gasteiger partial charge in [-0.25, -0.2) is 4.98 Å². The highest BCUT2D eigenvalue weighted by molar-refractivity contribution is 9.11. The number of amides is 1. The van der Waals surface area contributed by atoms with E-state index in [9.17, 15) is 9.59 Å². The largest absolute Gasteiger partial charge is 0.495 e. The van der Waals surface area contributed by atoms with Gasteiger partial charge in [-0.05, 0) is 57.0 Å². The first-order chi connectivity index (χ1) is 13.9. The molecule has 0 fully saturated rings. The van der Waals surface area contributed by atoms with E-state index >= 15 is 0 Å². The normalized spacial score (nSPS) is 10.6. The van der Waals surface area contributed by atoms with Gasteiger partial charge in [0.15, 0.2) is 5.16 Å². The minimum absolute atomic E-state index is 0.0908. The van der Waals surface area contributed by atoms with Gasteiger partial charge in [0.2, 0.25) is 5.91 Å². The first-order valence-corrected chi connectivity index (χ1v) is 11.1. The second-order valence-corrected chi connectivity index (χ2v) is 8.64. The SMILES string of the molecule is COc1cc(NC(=O)CSc2nc(C)cc(=O)n2-c2ccccc2)c(Br)cc1Br. The van der Waals surface area contributed by atoms with Gasteiger partial charge in [0.25, 0.3) is 5.56 Å². The average molecular weight is 539 g/mol. The van der Waals surface area contributed by atoms with E-state index in [4.69, 9.17) is 4.74 Å². The lowest BCUT2D eigenvalue weighted by Gasteiger charge is -2.13. The van der Waals surface area contributed by atoms with Crippen LogP contribution in [0.25, 0.3) is 5.69 Å². The Balaban J connectivity index is 1.80. The van der Waals surface area contributed by atoms with Crippen LogP contribution in [0.1, 0.15) is 5.69 Å². The summed E-state index contributed by atoms with van der Waals surface area (Å²) in [6.45, 7) is 1.76. The summed E-state index contributed by atoms with van der Waals surface area (Å²) in [6, 6.07) is 14.2. The van der Waals surface area contributed by atoms with Crippen LogP contribution in [0.15, 0.2) is 67.4 Å². The number of benzene rings is 2. The van der Waals surface area contributed by atoms with Crippen LogP contribution in [0.5, 0.6) is 5.75 Å². The fraction of sp³-hybridized carbons (Fsp3) is 0.150. The van der Waals surface area contributed by atoms with Gasteiger partial charge >= 0.3 is 0 Å². The lowest BCUT2D eigenvalue weighted by atomic mass is 10.3. The molecule has 150 valence electrons. The van der Waals surface area contributed by atoms with E-state index in [0.717, 1.165) is 8.95 Å². The summed E-state index contributed by atoms with van der Waals surface area (Å²) in [5.74, 6) is 0.470. The van der Waals surface area contributed by atoms with Gasteiger partial charge in [0.05, 0.1) is 28.7 Å². The standard InChI is InChI=1S/C20H17Br2N3O3S/c1-12-8-19(27)25(13-6-4-3-5-7-13)20(23-12)29-11-18(26)24-16-10-17(28-2)15(22)9-14(16)21/h3-10H,11H2,1-2H3,(H,24,26). The van der Waals surface area contributed by atoms with Crippen molar-refractivity contribution in [2.45, 2.75) is 12.1 Å². The van der Waals surface area contributed by atoms with Gasteiger partial charge in [-0.2, -0.15) is 0 Å². The third kappa shape index (κ3) is 5.29. The number of carbonyl (C=O) groups is 1. The van der Waals surface area contributed by atoms with E-state index in [2.05, 4.69) is 42.2 Å². The molecule has 29 heavy (non-hydrogen) atoms. The Hall–Kier alpha value is -2.10. The molecule has 1 N–H and O–H groups in total. The molecule has 0 bridgehead atoms. The summed E-state index contributed by atoms with van der Waals surface area (Å²) in [6.07, 6.45) is 0. The molecule has 1 aromatic heterocycles. The number of ether oxygens (including phenoxy) is 1. The van der Waals surface area contributed by atoms with Crippen molar-refractivity contribution in [1.82, 2.24) is 9.55 Å². The number of anilines is 1. The minimum atomic E-state index is -0.226. The van der Waals surface area contributed by atoms with Crippen molar-refractivity contribution in [3.63, 3.8) is 0 Å². The summed E-state index contributed by atoms with van der Waals surface area (Å²) >= 11 is 8.03. The quantitative estimate of drug-likeness (QED) is 0.360. The maximum Gasteiger partial charge on any atom is 0.258 e. The van der Waals surface area contributed by atoms with Crippen molar-refractivity contribution in [1.29, 1.82) is 0 Å². The van der Waals surface area contributed by atoms with Crippen molar-refractivity contribution in [3.05, 3.63) is 73.5 Å². The summed E-state index contributed by atoms with van der Waals surface area (Å²) in [5, 5.41) is 3.31. The minimum Gasteiger partial charge on any atom is -0.495 e. The Bertz CT molecular complexity index is 1100. The van der Waals surface area contributed by atoms with Crippen LogP contribution in [0.2, 0.25) is 0 Å². The van der Waals surface area contributed by atoms with E-state index in [1.807, 2.05) is 30.3 Å². The zero-order chi connectivity index (χ0) is 21.0. The van der Waals surface area contributed by atoms with Gasteiger partial charge in [0.1, 0.15) is 5.75 Å². The summed E-state index contributed by atoms with van der Waals surface area (Å²) in [4.78, 5) is 29.5. The second kappa shape index (κ2) is 9.60. The first-order valence-electron chi connectivity index (χ1n) is 8.51. The van der Waals surface area contributed by atoms with E-state index in [1.165, 1.54) is 22.4 Å². The number of methoxy groups -OCH3 is 1. The molecular formula is C20H17Br2N3O3S. The van der Waals surface area contributed by atoms with Crippen LogP contribution in [-0.2, 0) is 4.79 Å². The topological polar surface area (TPSA) is 73.2 Å². The molecular weight excluding hydrogens is 522 g/mol. The van der Waals surface area contributed by atoms with Gasteiger partial charge in [-0.3, -0.25) is 14.2 Å².